The molecule has 1 aliphatic rings. The van der Waals surface area contributed by atoms with Crippen LogP contribution in [0.3, 0.4) is 0 Å². The average molecular weight is 486 g/mol. The van der Waals surface area contributed by atoms with E-state index in [2.05, 4.69) is 25.0 Å². The molecule has 3 N–H and O–H groups in total. The number of nitrogens with zero attached hydrogens (tertiary/aromatic N) is 2. The Morgan fingerprint density at radius 2 is 1.69 bits per heavy atom. The maximum atomic E-state index is 12.9. The highest BCUT2D eigenvalue weighted by molar-refractivity contribution is 7.90. The van der Waals surface area contributed by atoms with Crippen molar-refractivity contribution in [3.05, 3.63) is 102 Å². The quantitative estimate of drug-likeness (QED) is 0.371. The van der Waals surface area contributed by atoms with Gasteiger partial charge in [-0.15, -0.1) is 4.40 Å². The Hall–Kier alpha value is -4.24. The number of H-pyrrole nitrogens is 1. The van der Waals surface area contributed by atoms with Crippen molar-refractivity contribution in [2.24, 2.45) is 4.40 Å². The van der Waals surface area contributed by atoms with Gasteiger partial charge in [-0.1, -0.05) is 49.4 Å². The fraction of sp³-hybridized carbons (Fsp3) is 0.115. The van der Waals surface area contributed by atoms with Crippen molar-refractivity contribution >= 4 is 27.5 Å². The lowest BCUT2D eigenvalue weighted by atomic mass is 10.1. The standard InChI is InChI=1S/C26H23N5O3S/c1-2-21(25-27-16-22(29-25)17-8-4-3-5-9-17)30-26(32)18-12-14-19(15-13-18)28-24-20-10-6-7-11-23(20)35(33,34)31-24/h3-16,21H,2H2,1H3,(H,27,29)(H,28,31)(H,30,32). The third kappa shape index (κ3) is 4.58. The minimum atomic E-state index is -3.70. The number of amidine groups is 1. The van der Waals surface area contributed by atoms with Gasteiger partial charge in [0, 0.05) is 16.8 Å². The molecule has 3 aromatic carbocycles. The number of hydrogen-bond donors (Lipinski definition) is 3. The lowest BCUT2D eigenvalue weighted by Crippen LogP contribution is -2.28. The van der Waals surface area contributed by atoms with Gasteiger partial charge >= 0.3 is 0 Å². The lowest BCUT2D eigenvalue weighted by Gasteiger charge is -2.15. The number of aromatic amines is 1. The smallest absolute Gasteiger partial charge is 0.285 e. The van der Waals surface area contributed by atoms with Crippen LogP contribution in [0.2, 0.25) is 0 Å². The third-order valence-electron chi connectivity index (χ3n) is 5.77. The van der Waals surface area contributed by atoms with Crippen LogP contribution in [0.15, 0.2) is 94.4 Å². The average Bonchev–Trinajstić information content (AvgIpc) is 3.47. The van der Waals surface area contributed by atoms with E-state index in [1.165, 1.54) is 6.07 Å². The Balaban J connectivity index is 1.27. The summed E-state index contributed by atoms with van der Waals surface area (Å²) in [6.07, 6.45) is 2.44. The second-order valence-corrected chi connectivity index (χ2v) is 9.67. The molecular weight excluding hydrogens is 462 g/mol. The van der Waals surface area contributed by atoms with Gasteiger partial charge in [0.05, 0.1) is 17.9 Å². The topological polar surface area (TPSA) is 116 Å². The summed E-state index contributed by atoms with van der Waals surface area (Å²) in [5, 5.41) is 6.06. The zero-order chi connectivity index (χ0) is 24.4. The van der Waals surface area contributed by atoms with E-state index in [9.17, 15) is 13.2 Å². The van der Waals surface area contributed by atoms with Crippen LogP contribution in [0.1, 0.15) is 41.1 Å². The van der Waals surface area contributed by atoms with Crippen molar-refractivity contribution < 1.29 is 13.2 Å². The summed E-state index contributed by atoms with van der Waals surface area (Å²) >= 11 is 0. The molecule has 0 saturated carbocycles. The van der Waals surface area contributed by atoms with E-state index in [0.29, 0.717) is 29.1 Å². The van der Waals surface area contributed by atoms with Crippen molar-refractivity contribution in [1.29, 1.82) is 0 Å². The van der Waals surface area contributed by atoms with E-state index in [1.54, 1.807) is 48.7 Å². The zero-order valence-corrected chi connectivity index (χ0v) is 19.7. The molecular formula is C26H23N5O3S. The summed E-state index contributed by atoms with van der Waals surface area (Å²) in [5.41, 5.74) is 3.54. The summed E-state index contributed by atoms with van der Waals surface area (Å²) in [7, 11) is -3.70. The second-order valence-electron chi connectivity index (χ2n) is 8.10. The number of fused-ring (bicyclic) bond motifs is 1. The van der Waals surface area contributed by atoms with Crippen molar-refractivity contribution in [3.63, 3.8) is 0 Å². The third-order valence-corrected chi connectivity index (χ3v) is 7.10. The van der Waals surface area contributed by atoms with Crippen LogP contribution >= 0.6 is 0 Å². The number of aromatic nitrogens is 2. The van der Waals surface area contributed by atoms with Gasteiger partial charge in [-0.05, 0) is 48.4 Å². The van der Waals surface area contributed by atoms with E-state index in [0.717, 1.165) is 11.3 Å². The van der Waals surface area contributed by atoms with Crippen LogP contribution in [0, 0.1) is 0 Å². The van der Waals surface area contributed by atoms with Crippen molar-refractivity contribution in [2.75, 3.05) is 5.32 Å². The predicted molar refractivity (Wildman–Crippen MR) is 135 cm³/mol. The zero-order valence-electron chi connectivity index (χ0n) is 18.9. The van der Waals surface area contributed by atoms with Crippen LogP contribution in [-0.2, 0) is 10.0 Å². The molecule has 8 nitrogen and oxygen atoms in total. The molecule has 0 radical (unpaired) electrons. The second kappa shape index (κ2) is 9.19. The fourth-order valence-corrected chi connectivity index (χ4v) is 5.10. The Kier molecular flexibility index (Phi) is 5.92. The number of nitrogens with one attached hydrogen (secondary N) is 3. The lowest BCUT2D eigenvalue weighted by molar-refractivity contribution is 0.0934. The molecule has 1 amide bonds. The maximum Gasteiger partial charge on any atom is 0.285 e. The number of hydrogen-bond acceptors (Lipinski definition) is 5. The molecule has 35 heavy (non-hydrogen) atoms. The van der Waals surface area contributed by atoms with Gasteiger partial charge in [0.25, 0.3) is 15.9 Å². The van der Waals surface area contributed by atoms with Gasteiger partial charge in [-0.3, -0.25) is 4.79 Å². The number of anilines is 1. The van der Waals surface area contributed by atoms with Crippen LogP contribution < -0.4 is 10.6 Å². The van der Waals surface area contributed by atoms with E-state index < -0.39 is 10.0 Å². The highest BCUT2D eigenvalue weighted by atomic mass is 32.2. The number of amides is 1. The van der Waals surface area contributed by atoms with Crippen LogP contribution in [0.25, 0.3) is 11.3 Å². The van der Waals surface area contributed by atoms with Crippen molar-refractivity contribution in [3.8, 4) is 11.3 Å². The van der Waals surface area contributed by atoms with Gasteiger partial charge in [0.2, 0.25) is 0 Å². The van der Waals surface area contributed by atoms with Gasteiger partial charge < -0.3 is 15.6 Å². The number of benzene rings is 3. The highest BCUT2D eigenvalue weighted by Crippen LogP contribution is 2.27. The first-order valence-electron chi connectivity index (χ1n) is 11.2. The van der Waals surface area contributed by atoms with Gasteiger partial charge in [-0.25, -0.2) is 4.98 Å². The molecule has 5 rings (SSSR count). The number of rotatable bonds is 6. The van der Waals surface area contributed by atoms with E-state index in [4.69, 9.17) is 0 Å². The highest BCUT2D eigenvalue weighted by Gasteiger charge is 2.28. The summed E-state index contributed by atoms with van der Waals surface area (Å²) in [6, 6.07) is 23.1. The van der Waals surface area contributed by atoms with Crippen molar-refractivity contribution in [1.82, 2.24) is 15.3 Å². The molecule has 0 spiro atoms. The van der Waals surface area contributed by atoms with E-state index in [1.807, 2.05) is 37.3 Å². The maximum absolute atomic E-state index is 12.9. The normalized spacial score (nSPS) is 14.6. The number of carbonyl (C=O) groups excluding carboxylic acids is 1. The summed E-state index contributed by atoms with van der Waals surface area (Å²) < 4.78 is 28.3. The number of carbonyl (C=O) groups is 1. The molecule has 0 saturated heterocycles. The first kappa shape index (κ1) is 22.5. The van der Waals surface area contributed by atoms with E-state index >= 15 is 0 Å². The van der Waals surface area contributed by atoms with Gasteiger partial charge in [-0.2, -0.15) is 8.42 Å². The molecule has 176 valence electrons. The van der Waals surface area contributed by atoms with Crippen LogP contribution in [0.4, 0.5) is 5.69 Å². The summed E-state index contributed by atoms with van der Waals surface area (Å²) in [4.78, 5) is 20.8. The Bertz CT molecular complexity index is 1510. The molecule has 9 heteroatoms. The van der Waals surface area contributed by atoms with Crippen LogP contribution in [0.5, 0.6) is 0 Å². The molecule has 2 heterocycles. The molecule has 1 unspecified atom stereocenters. The first-order chi connectivity index (χ1) is 16.9. The van der Waals surface area contributed by atoms with Gasteiger partial charge in [0.15, 0.2) is 5.84 Å². The molecule has 1 atom stereocenters. The number of imidazole rings is 1. The Labute approximate surface area is 203 Å². The molecule has 0 bridgehead atoms. The largest absolute Gasteiger partial charge is 0.342 e. The minimum Gasteiger partial charge on any atom is -0.342 e. The van der Waals surface area contributed by atoms with Crippen molar-refractivity contribution in [2.45, 2.75) is 24.3 Å². The molecule has 1 aliphatic heterocycles. The number of sulfonamides is 1. The van der Waals surface area contributed by atoms with Crippen LogP contribution in [-0.4, -0.2) is 30.1 Å². The molecule has 0 fully saturated rings. The van der Waals surface area contributed by atoms with Gasteiger partial charge in [0.1, 0.15) is 10.7 Å². The Morgan fingerprint density at radius 1 is 0.971 bits per heavy atom. The molecule has 1 aromatic heterocycles. The summed E-state index contributed by atoms with van der Waals surface area (Å²) in [5.74, 6) is 0.722. The Morgan fingerprint density at radius 3 is 2.43 bits per heavy atom. The SMILES string of the molecule is CCC(NC(=O)c1ccc(NC2=NS(=O)(=O)c3ccccc32)cc1)c1ncc(-c2ccccc2)[nH]1. The van der Waals surface area contributed by atoms with E-state index in [-0.39, 0.29) is 22.7 Å². The predicted octanol–water partition coefficient (Wildman–Crippen LogP) is 4.52. The molecule has 0 aliphatic carbocycles. The summed E-state index contributed by atoms with van der Waals surface area (Å²) in [6.45, 7) is 1.98. The fourth-order valence-electron chi connectivity index (χ4n) is 3.92. The first-order valence-corrected chi connectivity index (χ1v) is 12.6. The monoisotopic (exact) mass is 485 g/mol. The minimum absolute atomic E-state index is 0.178. The molecule has 4 aromatic rings.